The highest BCUT2D eigenvalue weighted by molar-refractivity contribution is 5.12. The van der Waals surface area contributed by atoms with Crippen molar-refractivity contribution >= 4 is 0 Å². The molecule has 3 nitrogen and oxygen atoms in total. The Morgan fingerprint density at radius 1 is 1.24 bits per heavy atom. The smallest absolute Gasteiger partial charge is 0.0478 e. The van der Waals surface area contributed by atoms with Gasteiger partial charge in [0.25, 0.3) is 0 Å². The first-order valence-corrected chi connectivity index (χ1v) is 6.53. The summed E-state index contributed by atoms with van der Waals surface area (Å²) in [7, 11) is 0. The molecule has 0 unspecified atom stereocenters. The number of aromatic nitrogens is 1. The van der Waals surface area contributed by atoms with Crippen molar-refractivity contribution in [2.75, 3.05) is 19.8 Å². The molecule has 0 spiro atoms. The Morgan fingerprint density at radius 2 is 2.06 bits per heavy atom. The Labute approximate surface area is 105 Å². The van der Waals surface area contributed by atoms with Crippen molar-refractivity contribution in [2.24, 2.45) is 0 Å². The fraction of sp³-hybridized carbons (Fsp3) is 0.643. The summed E-state index contributed by atoms with van der Waals surface area (Å²) >= 11 is 0. The van der Waals surface area contributed by atoms with Gasteiger partial charge in [-0.2, -0.15) is 0 Å². The number of aryl methyl sites for hydroxylation is 1. The lowest BCUT2D eigenvalue weighted by molar-refractivity contribution is 0.129. The molecule has 1 N–H and O–H groups in total. The average Bonchev–Trinajstić information content (AvgIpc) is 2.35. The van der Waals surface area contributed by atoms with Crippen LogP contribution in [-0.2, 0) is 11.3 Å². The molecule has 0 aromatic carbocycles. The van der Waals surface area contributed by atoms with E-state index >= 15 is 0 Å². The van der Waals surface area contributed by atoms with Crippen LogP contribution in [0.1, 0.15) is 37.4 Å². The van der Waals surface area contributed by atoms with Crippen LogP contribution in [0.2, 0.25) is 0 Å². The van der Waals surface area contributed by atoms with Crippen LogP contribution in [0.4, 0.5) is 0 Å². The van der Waals surface area contributed by atoms with Crippen molar-refractivity contribution < 1.29 is 4.74 Å². The topological polar surface area (TPSA) is 34.1 Å². The van der Waals surface area contributed by atoms with Crippen molar-refractivity contribution in [3.8, 4) is 0 Å². The minimum atomic E-state index is 0.860. The zero-order valence-corrected chi connectivity index (χ0v) is 11.0. The predicted octanol–water partition coefficient (Wildman–Crippen LogP) is 2.69. The fourth-order valence-corrected chi connectivity index (χ4v) is 1.48. The summed E-state index contributed by atoms with van der Waals surface area (Å²) in [6.07, 6.45) is 5.38. The summed E-state index contributed by atoms with van der Waals surface area (Å²) in [5.41, 5.74) is 2.31. The summed E-state index contributed by atoms with van der Waals surface area (Å²) in [5, 5.41) is 3.39. The van der Waals surface area contributed by atoms with Crippen molar-refractivity contribution in [1.29, 1.82) is 0 Å². The molecule has 0 fully saturated rings. The molecular formula is C14H24N2O. The third-order valence-electron chi connectivity index (χ3n) is 2.59. The van der Waals surface area contributed by atoms with Gasteiger partial charge in [0.15, 0.2) is 0 Å². The molecule has 96 valence electrons. The Hall–Kier alpha value is -0.930. The molecule has 0 bridgehead atoms. The third kappa shape index (κ3) is 7.08. The molecule has 1 rings (SSSR count). The minimum absolute atomic E-state index is 0.860. The van der Waals surface area contributed by atoms with Crippen LogP contribution >= 0.6 is 0 Å². The van der Waals surface area contributed by atoms with E-state index in [2.05, 4.69) is 23.3 Å². The number of hydrogen-bond donors (Lipinski definition) is 1. The first kappa shape index (κ1) is 14.1. The van der Waals surface area contributed by atoms with Gasteiger partial charge in [-0.15, -0.1) is 0 Å². The van der Waals surface area contributed by atoms with Gasteiger partial charge in [-0.25, -0.2) is 0 Å². The van der Waals surface area contributed by atoms with E-state index in [9.17, 15) is 0 Å². The summed E-state index contributed by atoms with van der Waals surface area (Å²) in [6.45, 7) is 7.84. The summed E-state index contributed by atoms with van der Waals surface area (Å²) in [6, 6.07) is 4.16. The van der Waals surface area contributed by atoms with Gasteiger partial charge in [0, 0.05) is 31.6 Å². The van der Waals surface area contributed by atoms with Gasteiger partial charge < -0.3 is 10.1 Å². The van der Waals surface area contributed by atoms with E-state index in [4.69, 9.17) is 4.74 Å². The van der Waals surface area contributed by atoms with E-state index in [1.165, 1.54) is 18.4 Å². The van der Waals surface area contributed by atoms with E-state index in [0.29, 0.717) is 0 Å². The quantitative estimate of drug-likeness (QED) is 0.669. The van der Waals surface area contributed by atoms with Crippen LogP contribution in [0.25, 0.3) is 0 Å². The third-order valence-corrected chi connectivity index (χ3v) is 2.59. The van der Waals surface area contributed by atoms with Crippen LogP contribution < -0.4 is 5.32 Å². The van der Waals surface area contributed by atoms with Crippen LogP contribution in [0.15, 0.2) is 18.3 Å². The molecule has 1 aromatic rings. The van der Waals surface area contributed by atoms with Gasteiger partial charge >= 0.3 is 0 Å². The van der Waals surface area contributed by atoms with E-state index in [1.54, 1.807) is 0 Å². The maximum atomic E-state index is 5.49. The number of pyridine rings is 1. The Balaban J connectivity index is 1.95. The fourth-order valence-electron chi connectivity index (χ4n) is 1.48. The van der Waals surface area contributed by atoms with E-state index in [1.807, 2.05) is 19.2 Å². The molecule has 0 atom stereocenters. The molecule has 1 heterocycles. The minimum Gasteiger partial charge on any atom is -0.381 e. The van der Waals surface area contributed by atoms with Gasteiger partial charge in [-0.05, 0) is 37.9 Å². The maximum absolute atomic E-state index is 5.49. The first-order valence-electron chi connectivity index (χ1n) is 6.53. The Kier molecular flexibility index (Phi) is 7.60. The maximum Gasteiger partial charge on any atom is 0.0478 e. The van der Waals surface area contributed by atoms with Crippen molar-refractivity contribution in [1.82, 2.24) is 10.3 Å². The van der Waals surface area contributed by atoms with Gasteiger partial charge in [0.1, 0.15) is 0 Å². The summed E-state index contributed by atoms with van der Waals surface area (Å²) < 4.78 is 5.49. The molecule has 0 aliphatic heterocycles. The highest BCUT2D eigenvalue weighted by atomic mass is 16.5. The Morgan fingerprint density at radius 3 is 2.76 bits per heavy atom. The number of unbranched alkanes of at least 4 members (excludes halogenated alkanes) is 1. The average molecular weight is 236 g/mol. The van der Waals surface area contributed by atoms with Crippen molar-refractivity contribution in [3.05, 3.63) is 29.6 Å². The molecule has 0 saturated carbocycles. The van der Waals surface area contributed by atoms with E-state index in [0.717, 1.165) is 38.4 Å². The zero-order chi connectivity index (χ0) is 12.3. The second-order valence-electron chi connectivity index (χ2n) is 4.30. The van der Waals surface area contributed by atoms with Gasteiger partial charge in [-0.1, -0.05) is 19.4 Å². The number of ether oxygens (including phenoxy) is 1. The monoisotopic (exact) mass is 236 g/mol. The molecule has 1 aromatic heterocycles. The predicted molar refractivity (Wildman–Crippen MR) is 71.0 cm³/mol. The second-order valence-corrected chi connectivity index (χ2v) is 4.30. The van der Waals surface area contributed by atoms with Crippen LogP contribution in [0.3, 0.4) is 0 Å². The number of hydrogen-bond acceptors (Lipinski definition) is 3. The molecule has 0 amide bonds. The van der Waals surface area contributed by atoms with Gasteiger partial charge in [0.2, 0.25) is 0 Å². The molecule has 17 heavy (non-hydrogen) atoms. The van der Waals surface area contributed by atoms with Crippen LogP contribution in [-0.4, -0.2) is 24.7 Å². The van der Waals surface area contributed by atoms with Crippen LogP contribution in [0, 0.1) is 6.92 Å². The first-order chi connectivity index (χ1) is 8.33. The highest BCUT2D eigenvalue weighted by Crippen LogP contribution is 1.98. The lowest BCUT2D eigenvalue weighted by Gasteiger charge is -2.05. The normalized spacial score (nSPS) is 10.7. The molecular weight excluding hydrogens is 212 g/mol. The highest BCUT2D eigenvalue weighted by Gasteiger charge is 1.93. The standard InChI is InChI=1S/C14H24N2O/c1-3-4-9-17-10-5-8-15-11-14-7-6-13(2)16-12-14/h6-7,12,15H,3-5,8-11H2,1-2H3. The molecule has 0 aliphatic rings. The number of rotatable bonds is 9. The lowest BCUT2D eigenvalue weighted by Crippen LogP contribution is -2.16. The van der Waals surface area contributed by atoms with Crippen molar-refractivity contribution in [2.45, 2.75) is 39.7 Å². The molecule has 0 radical (unpaired) electrons. The molecule has 0 aliphatic carbocycles. The van der Waals surface area contributed by atoms with E-state index in [-0.39, 0.29) is 0 Å². The van der Waals surface area contributed by atoms with Crippen LogP contribution in [0.5, 0.6) is 0 Å². The largest absolute Gasteiger partial charge is 0.381 e. The molecule has 0 saturated heterocycles. The zero-order valence-electron chi connectivity index (χ0n) is 11.0. The summed E-state index contributed by atoms with van der Waals surface area (Å²) in [4.78, 5) is 4.26. The second kappa shape index (κ2) is 9.14. The van der Waals surface area contributed by atoms with E-state index < -0.39 is 0 Å². The number of nitrogens with one attached hydrogen (secondary N) is 1. The number of nitrogens with zero attached hydrogens (tertiary/aromatic N) is 1. The van der Waals surface area contributed by atoms with Gasteiger partial charge in [0.05, 0.1) is 0 Å². The van der Waals surface area contributed by atoms with Crippen molar-refractivity contribution in [3.63, 3.8) is 0 Å². The Bertz CT molecular complexity index is 285. The summed E-state index contributed by atoms with van der Waals surface area (Å²) in [5.74, 6) is 0. The molecule has 3 heteroatoms. The van der Waals surface area contributed by atoms with Gasteiger partial charge in [-0.3, -0.25) is 4.98 Å². The SMILES string of the molecule is CCCCOCCCNCc1ccc(C)nc1. The lowest BCUT2D eigenvalue weighted by atomic mass is 10.2.